The van der Waals surface area contributed by atoms with Crippen molar-refractivity contribution >= 4 is 11.6 Å². The van der Waals surface area contributed by atoms with E-state index in [-0.39, 0.29) is 5.91 Å². The highest BCUT2D eigenvalue weighted by Gasteiger charge is 2.23. The Morgan fingerprint density at radius 3 is 2.50 bits per heavy atom. The number of nitrogens with zero attached hydrogens (tertiary/aromatic N) is 2. The summed E-state index contributed by atoms with van der Waals surface area (Å²) in [5, 5.41) is 9.77. The Kier molecular flexibility index (Phi) is 5.16. The zero-order chi connectivity index (χ0) is 16.9. The first-order valence-electron chi connectivity index (χ1n) is 8.46. The van der Waals surface area contributed by atoms with E-state index in [1.54, 1.807) is 6.92 Å². The normalized spacial score (nSPS) is 16.3. The lowest BCUT2D eigenvalue weighted by atomic mass is 10.1. The third kappa shape index (κ3) is 3.95. The summed E-state index contributed by atoms with van der Waals surface area (Å²) >= 11 is 0. The molecule has 2 aromatic rings. The second kappa shape index (κ2) is 7.49. The van der Waals surface area contributed by atoms with Crippen LogP contribution in [-0.2, 0) is 17.9 Å². The molecule has 4 nitrogen and oxygen atoms in total. The molecule has 0 radical (unpaired) electrons. The number of aliphatic hydroxyl groups is 1. The number of hydrogen-bond donors (Lipinski definition) is 1. The van der Waals surface area contributed by atoms with Crippen molar-refractivity contribution in [1.82, 2.24) is 4.90 Å². The van der Waals surface area contributed by atoms with Gasteiger partial charge in [0.25, 0.3) is 0 Å². The van der Waals surface area contributed by atoms with Crippen molar-refractivity contribution in [3.05, 3.63) is 65.7 Å². The highest BCUT2D eigenvalue weighted by atomic mass is 16.3. The molecule has 4 heteroatoms. The van der Waals surface area contributed by atoms with Crippen LogP contribution >= 0.6 is 0 Å². The van der Waals surface area contributed by atoms with Crippen molar-refractivity contribution in [3.8, 4) is 0 Å². The number of rotatable bonds is 4. The maximum absolute atomic E-state index is 12.6. The quantitative estimate of drug-likeness (QED) is 0.940. The fourth-order valence-corrected chi connectivity index (χ4v) is 3.21. The fraction of sp³-hybridized carbons (Fsp3) is 0.350. The van der Waals surface area contributed by atoms with E-state index in [2.05, 4.69) is 29.2 Å². The lowest BCUT2D eigenvalue weighted by Crippen LogP contribution is -2.40. The molecule has 1 aliphatic heterocycles. The van der Waals surface area contributed by atoms with Gasteiger partial charge in [-0.05, 0) is 24.1 Å². The van der Waals surface area contributed by atoms with Gasteiger partial charge in [-0.3, -0.25) is 4.79 Å². The molecule has 0 fully saturated rings. The molecule has 0 spiro atoms. The Morgan fingerprint density at radius 2 is 1.75 bits per heavy atom. The summed E-state index contributed by atoms with van der Waals surface area (Å²) in [4.78, 5) is 16.7. The molecule has 1 amide bonds. The number of benzene rings is 2. The summed E-state index contributed by atoms with van der Waals surface area (Å²) < 4.78 is 0. The molecule has 0 bridgehead atoms. The second-order valence-electron chi connectivity index (χ2n) is 6.41. The number of para-hydroxylation sites is 1. The second-order valence-corrected chi connectivity index (χ2v) is 6.41. The molecule has 0 saturated heterocycles. The molecule has 1 heterocycles. The Morgan fingerprint density at radius 1 is 1.04 bits per heavy atom. The van der Waals surface area contributed by atoms with Gasteiger partial charge in [0.15, 0.2) is 0 Å². The van der Waals surface area contributed by atoms with Gasteiger partial charge in [-0.15, -0.1) is 0 Å². The molecule has 0 saturated carbocycles. The maximum Gasteiger partial charge on any atom is 0.224 e. The van der Waals surface area contributed by atoms with Crippen LogP contribution in [-0.4, -0.2) is 35.1 Å². The van der Waals surface area contributed by atoms with Gasteiger partial charge < -0.3 is 14.9 Å². The van der Waals surface area contributed by atoms with Crippen molar-refractivity contribution < 1.29 is 9.90 Å². The molecular weight excluding hydrogens is 300 g/mol. The third-order valence-corrected chi connectivity index (χ3v) is 4.34. The van der Waals surface area contributed by atoms with E-state index in [1.165, 1.54) is 0 Å². The molecule has 24 heavy (non-hydrogen) atoms. The number of aliphatic hydroxyl groups excluding tert-OH is 1. The Balaban J connectivity index is 1.86. The molecule has 0 aromatic heterocycles. The molecule has 1 unspecified atom stereocenters. The molecular formula is C20H24N2O2. The van der Waals surface area contributed by atoms with Crippen molar-refractivity contribution in [2.24, 2.45) is 0 Å². The van der Waals surface area contributed by atoms with E-state index in [0.29, 0.717) is 32.6 Å². The molecule has 1 atom stereocenters. The van der Waals surface area contributed by atoms with Crippen LogP contribution in [0.25, 0.3) is 0 Å². The lowest BCUT2D eigenvalue weighted by Gasteiger charge is -2.34. The van der Waals surface area contributed by atoms with Gasteiger partial charge in [0.05, 0.1) is 6.10 Å². The van der Waals surface area contributed by atoms with Gasteiger partial charge in [0, 0.05) is 38.3 Å². The van der Waals surface area contributed by atoms with Crippen LogP contribution in [0.2, 0.25) is 0 Å². The van der Waals surface area contributed by atoms with E-state index >= 15 is 0 Å². The predicted octanol–water partition coefficient (Wildman–Crippen LogP) is 2.81. The molecule has 2 aromatic carbocycles. The van der Waals surface area contributed by atoms with Crippen LogP contribution in [0.1, 0.15) is 24.5 Å². The number of carbonyl (C=O) groups excluding carboxylic acids is 1. The largest absolute Gasteiger partial charge is 0.392 e. The Hall–Kier alpha value is -2.33. The Bertz CT molecular complexity index is 685. The van der Waals surface area contributed by atoms with Gasteiger partial charge in [-0.2, -0.15) is 0 Å². The molecule has 1 aliphatic rings. The SMILES string of the molecule is CC(O)CN1CCC(=O)N(Cc2ccccc2)Cc2ccccc21. The summed E-state index contributed by atoms with van der Waals surface area (Å²) in [5.41, 5.74) is 3.39. The van der Waals surface area contributed by atoms with E-state index in [0.717, 1.165) is 16.8 Å². The van der Waals surface area contributed by atoms with Crippen LogP contribution in [0.15, 0.2) is 54.6 Å². The van der Waals surface area contributed by atoms with E-state index in [4.69, 9.17) is 0 Å². The van der Waals surface area contributed by atoms with Crippen LogP contribution in [0.5, 0.6) is 0 Å². The first-order valence-corrected chi connectivity index (χ1v) is 8.46. The van der Waals surface area contributed by atoms with Crippen LogP contribution in [0, 0.1) is 0 Å². The minimum atomic E-state index is -0.423. The average molecular weight is 324 g/mol. The zero-order valence-electron chi connectivity index (χ0n) is 14.1. The predicted molar refractivity (Wildman–Crippen MR) is 95.6 cm³/mol. The number of fused-ring (bicyclic) bond motifs is 1. The smallest absolute Gasteiger partial charge is 0.224 e. The minimum Gasteiger partial charge on any atom is -0.392 e. The zero-order valence-corrected chi connectivity index (χ0v) is 14.1. The Labute approximate surface area is 143 Å². The van der Waals surface area contributed by atoms with Crippen LogP contribution < -0.4 is 4.90 Å². The fourth-order valence-electron chi connectivity index (χ4n) is 3.21. The summed E-state index contributed by atoms with van der Waals surface area (Å²) in [5.74, 6) is 0.156. The van der Waals surface area contributed by atoms with E-state index < -0.39 is 6.10 Å². The third-order valence-electron chi connectivity index (χ3n) is 4.34. The lowest BCUT2D eigenvalue weighted by molar-refractivity contribution is -0.132. The summed E-state index contributed by atoms with van der Waals surface area (Å²) in [6.45, 7) is 4.19. The number of amides is 1. The highest BCUT2D eigenvalue weighted by molar-refractivity contribution is 5.78. The van der Waals surface area contributed by atoms with Gasteiger partial charge in [-0.1, -0.05) is 48.5 Å². The summed E-state index contributed by atoms with van der Waals surface area (Å²) in [7, 11) is 0. The highest BCUT2D eigenvalue weighted by Crippen LogP contribution is 2.26. The molecule has 3 rings (SSSR count). The van der Waals surface area contributed by atoms with Crippen molar-refractivity contribution in [3.63, 3.8) is 0 Å². The summed E-state index contributed by atoms with van der Waals surface area (Å²) in [6.07, 6.45) is 0.0430. The monoisotopic (exact) mass is 324 g/mol. The van der Waals surface area contributed by atoms with Crippen LogP contribution in [0.3, 0.4) is 0 Å². The number of β-amino-alcohol motifs (C(OH)–C–C–N with tert-alkyl or cyclic N) is 1. The molecule has 0 aliphatic carbocycles. The molecule has 126 valence electrons. The topological polar surface area (TPSA) is 43.8 Å². The van der Waals surface area contributed by atoms with Gasteiger partial charge in [0.1, 0.15) is 0 Å². The first-order chi connectivity index (χ1) is 11.6. The standard InChI is InChI=1S/C20H24N2O2/c1-16(23)13-21-12-11-20(24)22(14-17-7-3-2-4-8-17)15-18-9-5-6-10-19(18)21/h2-10,16,23H,11-15H2,1H3. The van der Waals surface area contributed by atoms with Crippen molar-refractivity contribution in [1.29, 1.82) is 0 Å². The van der Waals surface area contributed by atoms with Gasteiger partial charge >= 0.3 is 0 Å². The summed E-state index contributed by atoms with van der Waals surface area (Å²) in [6, 6.07) is 18.3. The molecule has 1 N–H and O–H groups in total. The van der Waals surface area contributed by atoms with E-state index in [1.807, 2.05) is 35.2 Å². The van der Waals surface area contributed by atoms with Gasteiger partial charge in [0.2, 0.25) is 5.91 Å². The number of hydrogen-bond acceptors (Lipinski definition) is 3. The average Bonchev–Trinajstić information content (AvgIpc) is 2.58. The maximum atomic E-state index is 12.6. The van der Waals surface area contributed by atoms with Crippen molar-refractivity contribution in [2.45, 2.75) is 32.5 Å². The van der Waals surface area contributed by atoms with Gasteiger partial charge in [-0.25, -0.2) is 0 Å². The van der Waals surface area contributed by atoms with Crippen LogP contribution in [0.4, 0.5) is 5.69 Å². The minimum absolute atomic E-state index is 0.156. The van der Waals surface area contributed by atoms with Crippen molar-refractivity contribution in [2.75, 3.05) is 18.0 Å². The number of carbonyl (C=O) groups is 1. The van der Waals surface area contributed by atoms with E-state index in [9.17, 15) is 9.90 Å². The number of anilines is 1. The first kappa shape index (κ1) is 16.5.